The van der Waals surface area contributed by atoms with Gasteiger partial charge in [-0.1, -0.05) is 36.4 Å². The molecule has 0 bridgehead atoms. The molecule has 168 valence electrons. The van der Waals surface area contributed by atoms with E-state index in [-0.39, 0.29) is 22.9 Å². The summed E-state index contributed by atoms with van der Waals surface area (Å²) in [5, 5.41) is 23.2. The number of hydrogen-bond donors (Lipinski definition) is 4. The number of phenols is 1. The van der Waals surface area contributed by atoms with Crippen molar-refractivity contribution in [3.8, 4) is 17.0 Å². The Hall–Kier alpha value is -4.85. The summed E-state index contributed by atoms with van der Waals surface area (Å²) in [6.45, 7) is 1.87. The number of anilines is 2. The van der Waals surface area contributed by atoms with Gasteiger partial charge in [0, 0.05) is 16.6 Å². The van der Waals surface area contributed by atoms with Gasteiger partial charge < -0.3 is 20.2 Å². The van der Waals surface area contributed by atoms with E-state index in [1.165, 1.54) is 6.07 Å². The normalized spacial score (nSPS) is 10.9. The van der Waals surface area contributed by atoms with Gasteiger partial charge in [0.25, 0.3) is 11.8 Å². The number of aryl methyl sites for hydroxylation is 1. The molecule has 8 heteroatoms. The first-order valence-corrected chi connectivity index (χ1v) is 10.5. The monoisotopic (exact) mass is 452 g/mol. The molecule has 0 atom stereocenters. The lowest BCUT2D eigenvalue weighted by molar-refractivity contribution is 0.0999. The summed E-state index contributed by atoms with van der Waals surface area (Å²) in [6.07, 6.45) is 0. The van der Waals surface area contributed by atoms with Crippen LogP contribution in [0, 0.1) is 6.92 Å². The van der Waals surface area contributed by atoms with Crippen molar-refractivity contribution >= 4 is 34.2 Å². The fourth-order valence-corrected chi connectivity index (χ4v) is 3.65. The van der Waals surface area contributed by atoms with E-state index in [0.717, 1.165) is 5.56 Å². The highest BCUT2D eigenvalue weighted by molar-refractivity contribution is 6.16. The number of nitrogens with one attached hydrogen (secondary N) is 3. The molecular formula is C26H20N4O4. The Morgan fingerprint density at radius 1 is 0.912 bits per heavy atom. The minimum absolute atomic E-state index is 0.0191. The van der Waals surface area contributed by atoms with Crippen molar-refractivity contribution in [1.82, 2.24) is 10.2 Å². The second-order valence-corrected chi connectivity index (χ2v) is 7.76. The van der Waals surface area contributed by atoms with E-state index in [2.05, 4.69) is 20.8 Å². The summed E-state index contributed by atoms with van der Waals surface area (Å²) < 4.78 is 5.79. The largest absolute Gasteiger partial charge is 0.507 e. The lowest BCUT2D eigenvalue weighted by atomic mass is 10.1. The van der Waals surface area contributed by atoms with Crippen molar-refractivity contribution in [1.29, 1.82) is 0 Å². The molecule has 0 aliphatic carbocycles. The Bertz CT molecular complexity index is 1520. The van der Waals surface area contributed by atoms with Crippen molar-refractivity contribution in [2.75, 3.05) is 10.6 Å². The SMILES string of the molecule is Cc1ccc(-c2cc(C(=O)Nc3c(C(=O)Nc4ccccc4)oc4ccccc34)[nH]n2)c(O)c1. The molecule has 2 heterocycles. The number of rotatable bonds is 5. The Balaban J connectivity index is 1.45. The van der Waals surface area contributed by atoms with Gasteiger partial charge in [0.1, 0.15) is 22.7 Å². The Morgan fingerprint density at radius 3 is 2.47 bits per heavy atom. The zero-order valence-electron chi connectivity index (χ0n) is 18.1. The summed E-state index contributed by atoms with van der Waals surface area (Å²) in [6, 6.07) is 22.8. The molecule has 2 amide bonds. The molecule has 0 radical (unpaired) electrons. The number of nitrogens with zero attached hydrogens (tertiary/aromatic N) is 1. The van der Waals surface area contributed by atoms with Gasteiger partial charge in [0.2, 0.25) is 5.76 Å². The van der Waals surface area contributed by atoms with Crippen LogP contribution in [-0.4, -0.2) is 27.1 Å². The van der Waals surface area contributed by atoms with E-state index in [4.69, 9.17) is 4.42 Å². The molecule has 34 heavy (non-hydrogen) atoms. The molecule has 2 aromatic heterocycles. The highest BCUT2D eigenvalue weighted by Gasteiger charge is 2.24. The van der Waals surface area contributed by atoms with E-state index in [1.54, 1.807) is 60.7 Å². The minimum atomic E-state index is -0.509. The quantitative estimate of drug-likeness (QED) is 0.287. The van der Waals surface area contributed by atoms with Crippen LogP contribution in [0.25, 0.3) is 22.2 Å². The maximum absolute atomic E-state index is 13.1. The number of carbonyl (C=O) groups is 2. The van der Waals surface area contributed by atoms with E-state index >= 15 is 0 Å². The summed E-state index contributed by atoms with van der Waals surface area (Å²) in [7, 11) is 0. The molecule has 0 saturated carbocycles. The number of aromatic nitrogens is 2. The lowest BCUT2D eigenvalue weighted by Gasteiger charge is -2.06. The number of amides is 2. The van der Waals surface area contributed by atoms with Crippen LogP contribution in [0.3, 0.4) is 0 Å². The van der Waals surface area contributed by atoms with Crippen molar-refractivity contribution in [3.05, 3.63) is 95.9 Å². The Labute approximate surface area is 194 Å². The predicted molar refractivity (Wildman–Crippen MR) is 129 cm³/mol. The molecule has 0 unspecified atom stereocenters. The minimum Gasteiger partial charge on any atom is -0.507 e. The molecule has 8 nitrogen and oxygen atoms in total. The fraction of sp³-hybridized carbons (Fsp3) is 0.0385. The second kappa shape index (κ2) is 8.59. The van der Waals surface area contributed by atoms with E-state index < -0.39 is 11.8 Å². The third-order valence-electron chi connectivity index (χ3n) is 5.32. The Morgan fingerprint density at radius 2 is 1.68 bits per heavy atom. The molecule has 5 rings (SSSR count). The first-order chi connectivity index (χ1) is 16.5. The third kappa shape index (κ3) is 4.00. The van der Waals surface area contributed by atoms with Crippen LogP contribution in [-0.2, 0) is 0 Å². The number of H-pyrrole nitrogens is 1. The van der Waals surface area contributed by atoms with Crippen molar-refractivity contribution in [2.24, 2.45) is 0 Å². The number of para-hydroxylation sites is 2. The molecule has 0 spiro atoms. The second-order valence-electron chi connectivity index (χ2n) is 7.76. The molecule has 0 fully saturated rings. The lowest BCUT2D eigenvalue weighted by Crippen LogP contribution is -2.17. The number of fused-ring (bicyclic) bond motifs is 1. The topological polar surface area (TPSA) is 120 Å². The van der Waals surface area contributed by atoms with Crippen LogP contribution < -0.4 is 10.6 Å². The van der Waals surface area contributed by atoms with Crippen LogP contribution in [0.15, 0.2) is 83.3 Å². The average Bonchev–Trinajstić information content (AvgIpc) is 3.46. The number of hydrogen-bond acceptors (Lipinski definition) is 5. The van der Waals surface area contributed by atoms with E-state index in [9.17, 15) is 14.7 Å². The molecule has 4 N–H and O–H groups in total. The number of aromatic hydroxyl groups is 1. The zero-order chi connectivity index (χ0) is 23.7. The molecule has 0 aliphatic heterocycles. The standard InChI is InChI=1S/C26H20N4O4/c1-15-11-12-17(21(31)13-15)19-14-20(30-29-19)25(32)28-23-18-9-5-6-10-22(18)34-24(23)26(33)27-16-7-3-2-4-8-16/h2-14,31H,1H3,(H,27,33)(H,28,32)(H,29,30). The van der Waals surface area contributed by atoms with Crippen LogP contribution in [0.5, 0.6) is 5.75 Å². The van der Waals surface area contributed by atoms with Gasteiger partial charge in [-0.15, -0.1) is 0 Å². The molecule has 0 saturated heterocycles. The third-order valence-corrected chi connectivity index (χ3v) is 5.32. The van der Waals surface area contributed by atoms with Gasteiger partial charge in [-0.3, -0.25) is 14.7 Å². The molecular weight excluding hydrogens is 432 g/mol. The van der Waals surface area contributed by atoms with Crippen molar-refractivity contribution < 1.29 is 19.1 Å². The van der Waals surface area contributed by atoms with Gasteiger partial charge >= 0.3 is 0 Å². The first kappa shape index (κ1) is 21.0. The van der Waals surface area contributed by atoms with Crippen LogP contribution >= 0.6 is 0 Å². The first-order valence-electron chi connectivity index (χ1n) is 10.5. The smallest absolute Gasteiger partial charge is 0.293 e. The zero-order valence-corrected chi connectivity index (χ0v) is 18.1. The van der Waals surface area contributed by atoms with Crippen molar-refractivity contribution in [3.63, 3.8) is 0 Å². The molecule has 0 aliphatic rings. The highest BCUT2D eigenvalue weighted by atomic mass is 16.3. The Kier molecular flexibility index (Phi) is 5.31. The van der Waals surface area contributed by atoms with Gasteiger partial charge in [-0.2, -0.15) is 5.10 Å². The fourth-order valence-electron chi connectivity index (χ4n) is 3.65. The van der Waals surface area contributed by atoms with Gasteiger partial charge in [0.05, 0.1) is 5.69 Å². The molecule has 5 aromatic rings. The number of benzene rings is 3. The highest BCUT2D eigenvalue weighted by Crippen LogP contribution is 2.33. The van der Waals surface area contributed by atoms with Crippen LogP contribution in [0.2, 0.25) is 0 Å². The predicted octanol–water partition coefficient (Wildman–Crippen LogP) is 5.34. The maximum atomic E-state index is 13.1. The summed E-state index contributed by atoms with van der Waals surface area (Å²) in [4.78, 5) is 26.0. The maximum Gasteiger partial charge on any atom is 0.293 e. The molecule has 3 aromatic carbocycles. The number of furan rings is 1. The van der Waals surface area contributed by atoms with Gasteiger partial charge in [-0.25, -0.2) is 0 Å². The summed E-state index contributed by atoms with van der Waals surface area (Å²) >= 11 is 0. The number of aromatic amines is 1. The van der Waals surface area contributed by atoms with Crippen molar-refractivity contribution in [2.45, 2.75) is 6.92 Å². The van der Waals surface area contributed by atoms with Gasteiger partial charge in [0.15, 0.2) is 0 Å². The number of carbonyl (C=O) groups excluding carboxylic acids is 2. The number of phenolic OH excluding ortho intramolecular Hbond substituents is 1. The van der Waals surface area contributed by atoms with Gasteiger partial charge in [-0.05, 0) is 55.0 Å². The van der Waals surface area contributed by atoms with E-state index in [0.29, 0.717) is 27.9 Å². The van der Waals surface area contributed by atoms with Crippen LogP contribution in [0.4, 0.5) is 11.4 Å². The summed E-state index contributed by atoms with van der Waals surface area (Å²) in [5.41, 5.74) is 3.30. The summed E-state index contributed by atoms with van der Waals surface area (Å²) in [5.74, 6) is -0.952. The van der Waals surface area contributed by atoms with E-state index in [1.807, 2.05) is 19.1 Å². The van der Waals surface area contributed by atoms with Crippen LogP contribution in [0.1, 0.15) is 26.6 Å². The average molecular weight is 452 g/mol.